The Bertz CT molecular complexity index is 760. The first kappa shape index (κ1) is 21.2. The van der Waals surface area contributed by atoms with Gasteiger partial charge in [0, 0.05) is 43.4 Å². The lowest BCUT2D eigenvalue weighted by atomic mass is 9.44. The summed E-state index contributed by atoms with van der Waals surface area (Å²) in [5.41, 5.74) is -0.544. The molecule has 0 N–H and O–H groups in total. The molecule has 0 amide bonds. The van der Waals surface area contributed by atoms with Gasteiger partial charge in [-0.05, 0) is 72.3 Å². The van der Waals surface area contributed by atoms with Gasteiger partial charge in [0.2, 0.25) is 5.24 Å². The van der Waals surface area contributed by atoms with Crippen LogP contribution in [0.4, 0.5) is 0 Å². The van der Waals surface area contributed by atoms with Crippen LogP contribution in [0.5, 0.6) is 0 Å². The molecule has 4 aliphatic carbocycles. The van der Waals surface area contributed by atoms with Gasteiger partial charge in [0.15, 0.2) is 0 Å². The van der Waals surface area contributed by atoms with Gasteiger partial charge in [0.05, 0.1) is 0 Å². The topological polar surface area (TPSA) is 68.3 Å². The predicted octanol–water partition coefficient (Wildman–Crippen LogP) is 4.75. The lowest BCUT2D eigenvalue weighted by Gasteiger charge is -2.58. The van der Waals surface area contributed by atoms with Crippen molar-refractivity contribution in [2.24, 2.45) is 46.3 Å². The molecule has 0 aromatic carbocycles. The van der Waals surface area contributed by atoms with Crippen LogP contribution in [0.1, 0.15) is 78.6 Å². The maximum Gasteiger partial charge on any atom is 0.221 e. The molecule has 0 aromatic heterocycles. The molecule has 8 atom stereocenters. The maximum atomic E-state index is 13.6. The van der Waals surface area contributed by atoms with E-state index in [1.807, 2.05) is 0 Å². The molecule has 5 heteroatoms. The number of hydrogen-bond donors (Lipinski definition) is 0. The van der Waals surface area contributed by atoms with Gasteiger partial charge in [-0.15, -0.1) is 0 Å². The average molecular weight is 421 g/mol. The number of hydrogen-bond acceptors (Lipinski definition) is 4. The Kier molecular flexibility index (Phi) is 5.33. The Labute approximate surface area is 178 Å². The standard InChI is InChI=1S/C24H33ClO4/c1-13(4-7-21(25)29)16-5-6-17-22-18(12-20(28)24(16,17)3)23(2)9-8-15(26)10-14(23)11-19(22)27/h13-14,16-18,22H,4-12H2,1-3H3/t13-,14+,16-,17+,18+,22+,23+,24-/m1/s1. The monoisotopic (exact) mass is 420 g/mol. The van der Waals surface area contributed by atoms with Gasteiger partial charge in [-0.1, -0.05) is 20.8 Å². The Morgan fingerprint density at radius 2 is 1.83 bits per heavy atom. The Morgan fingerprint density at radius 1 is 1.10 bits per heavy atom. The lowest BCUT2D eigenvalue weighted by Crippen LogP contribution is -2.60. The average Bonchev–Trinajstić information content (AvgIpc) is 3.01. The highest BCUT2D eigenvalue weighted by Crippen LogP contribution is 2.66. The van der Waals surface area contributed by atoms with E-state index in [9.17, 15) is 19.2 Å². The smallest absolute Gasteiger partial charge is 0.221 e. The van der Waals surface area contributed by atoms with Gasteiger partial charge in [-0.25, -0.2) is 0 Å². The van der Waals surface area contributed by atoms with Crippen LogP contribution in [0.15, 0.2) is 0 Å². The first-order valence-corrected chi connectivity index (χ1v) is 11.7. The van der Waals surface area contributed by atoms with Crippen LogP contribution in [0, 0.1) is 46.3 Å². The molecule has 0 unspecified atom stereocenters. The number of rotatable bonds is 4. The molecule has 0 radical (unpaired) electrons. The number of carbonyl (C=O) groups is 4. The molecule has 4 fully saturated rings. The first-order valence-electron chi connectivity index (χ1n) is 11.3. The summed E-state index contributed by atoms with van der Waals surface area (Å²) in [6.45, 7) is 6.47. The van der Waals surface area contributed by atoms with Crippen molar-refractivity contribution in [2.45, 2.75) is 78.6 Å². The zero-order valence-corrected chi connectivity index (χ0v) is 18.6. The number of Topliss-reactive ketones (excluding diaryl/α,β-unsaturated/α-hetero) is 3. The van der Waals surface area contributed by atoms with Crippen LogP contribution in [-0.2, 0) is 19.2 Å². The minimum atomic E-state index is -0.473. The zero-order valence-electron chi connectivity index (χ0n) is 17.8. The molecule has 4 rings (SSSR count). The highest BCUT2D eigenvalue weighted by molar-refractivity contribution is 6.63. The fourth-order valence-electron chi connectivity index (χ4n) is 7.93. The molecule has 4 saturated carbocycles. The number of halogens is 1. The normalized spacial score (nSPS) is 45.4. The fourth-order valence-corrected chi connectivity index (χ4v) is 8.04. The lowest BCUT2D eigenvalue weighted by molar-refractivity contribution is -0.166. The molecule has 0 heterocycles. The van der Waals surface area contributed by atoms with E-state index in [1.165, 1.54) is 0 Å². The maximum absolute atomic E-state index is 13.6. The van der Waals surface area contributed by atoms with Crippen molar-refractivity contribution < 1.29 is 19.2 Å². The minimum absolute atomic E-state index is 0.0426. The van der Waals surface area contributed by atoms with Crippen LogP contribution in [0.25, 0.3) is 0 Å². The summed E-state index contributed by atoms with van der Waals surface area (Å²) in [6.07, 6.45) is 5.80. The molecule has 0 bridgehead atoms. The summed E-state index contributed by atoms with van der Waals surface area (Å²) in [6, 6.07) is 0. The number of fused-ring (bicyclic) bond motifs is 5. The second-order valence-corrected chi connectivity index (χ2v) is 11.2. The van der Waals surface area contributed by atoms with Crippen LogP contribution in [0.2, 0.25) is 0 Å². The molecular weight excluding hydrogens is 388 g/mol. The molecule has 29 heavy (non-hydrogen) atoms. The van der Waals surface area contributed by atoms with Gasteiger partial charge < -0.3 is 0 Å². The van der Waals surface area contributed by atoms with Crippen molar-refractivity contribution in [3.05, 3.63) is 0 Å². The van der Waals surface area contributed by atoms with Gasteiger partial charge in [0.1, 0.15) is 17.3 Å². The molecular formula is C24H33ClO4. The largest absolute Gasteiger partial charge is 0.300 e. The molecule has 0 spiro atoms. The van der Waals surface area contributed by atoms with Crippen molar-refractivity contribution in [3.8, 4) is 0 Å². The molecule has 0 saturated heterocycles. The summed E-state index contributed by atoms with van der Waals surface area (Å²) in [7, 11) is 0. The first-order chi connectivity index (χ1) is 13.6. The van der Waals surface area contributed by atoms with Gasteiger partial charge >= 0.3 is 0 Å². The van der Waals surface area contributed by atoms with Crippen molar-refractivity contribution in [1.82, 2.24) is 0 Å². The second kappa shape index (κ2) is 7.28. The Morgan fingerprint density at radius 3 is 2.52 bits per heavy atom. The highest BCUT2D eigenvalue weighted by Gasteiger charge is 2.66. The fraction of sp³-hybridized carbons (Fsp3) is 0.833. The molecule has 160 valence electrons. The summed E-state index contributed by atoms with van der Waals surface area (Å²) in [5.74, 6) is 1.59. The summed E-state index contributed by atoms with van der Waals surface area (Å²) < 4.78 is 0. The molecule has 0 aliphatic heterocycles. The summed E-state index contributed by atoms with van der Waals surface area (Å²) in [5, 5.41) is -0.320. The Balaban J connectivity index is 1.63. The number of ketones is 3. The highest BCUT2D eigenvalue weighted by atomic mass is 35.5. The predicted molar refractivity (Wildman–Crippen MR) is 110 cm³/mol. The second-order valence-electron chi connectivity index (χ2n) is 10.8. The van der Waals surface area contributed by atoms with E-state index in [0.717, 1.165) is 19.3 Å². The van der Waals surface area contributed by atoms with Crippen LogP contribution in [0.3, 0.4) is 0 Å². The third-order valence-corrected chi connectivity index (χ3v) is 9.89. The summed E-state index contributed by atoms with van der Waals surface area (Å²) in [4.78, 5) is 50.2. The molecule has 0 aromatic rings. The minimum Gasteiger partial charge on any atom is -0.300 e. The van der Waals surface area contributed by atoms with E-state index in [4.69, 9.17) is 11.6 Å². The summed E-state index contributed by atoms with van der Waals surface area (Å²) >= 11 is 5.56. The molecule has 4 nitrogen and oxygen atoms in total. The quantitative estimate of drug-likeness (QED) is 0.615. The van der Waals surface area contributed by atoms with E-state index in [-0.39, 0.29) is 51.9 Å². The van der Waals surface area contributed by atoms with Crippen molar-refractivity contribution >= 4 is 34.2 Å². The zero-order chi connectivity index (χ0) is 21.1. The van der Waals surface area contributed by atoms with Crippen LogP contribution >= 0.6 is 11.6 Å². The van der Waals surface area contributed by atoms with E-state index < -0.39 is 5.41 Å². The third-order valence-electron chi connectivity index (χ3n) is 9.70. The number of carbonyl (C=O) groups excluding carboxylic acids is 4. The van der Waals surface area contributed by atoms with Gasteiger partial charge in [0.25, 0.3) is 0 Å². The molecule has 4 aliphatic rings. The van der Waals surface area contributed by atoms with Gasteiger partial charge in [-0.3, -0.25) is 19.2 Å². The van der Waals surface area contributed by atoms with Crippen LogP contribution < -0.4 is 0 Å². The van der Waals surface area contributed by atoms with E-state index in [0.29, 0.717) is 50.1 Å². The van der Waals surface area contributed by atoms with Crippen molar-refractivity contribution in [1.29, 1.82) is 0 Å². The van der Waals surface area contributed by atoms with Gasteiger partial charge in [-0.2, -0.15) is 0 Å². The van der Waals surface area contributed by atoms with E-state index in [1.54, 1.807) is 0 Å². The van der Waals surface area contributed by atoms with Crippen molar-refractivity contribution in [2.75, 3.05) is 0 Å². The van der Waals surface area contributed by atoms with E-state index >= 15 is 0 Å². The van der Waals surface area contributed by atoms with Crippen LogP contribution in [-0.4, -0.2) is 22.6 Å². The third kappa shape index (κ3) is 3.16. The van der Waals surface area contributed by atoms with E-state index in [2.05, 4.69) is 20.8 Å². The Hall–Kier alpha value is -1.03. The van der Waals surface area contributed by atoms with Crippen molar-refractivity contribution in [3.63, 3.8) is 0 Å². The SMILES string of the molecule is C[C@H](CCC(=O)Cl)[C@H]1CC[C@H]2[C@@H]3C(=O)C[C@@H]4CC(=O)CC[C@]4(C)[C@H]3CC(=O)[C@]12C.